The zero-order valence-corrected chi connectivity index (χ0v) is 21.8. The van der Waals surface area contributed by atoms with Crippen molar-refractivity contribution in [2.45, 2.75) is 0 Å². The molecule has 0 unspecified atom stereocenters. The molecule has 0 amide bonds. The Labute approximate surface area is 232 Å². The van der Waals surface area contributed by atoms with Gasteiger partial charge in [0.1, 0.15) is 0 Å². The first-order valence-corrected chi connectivity index (χ1v) is 13.6. The third-order valence-electron chi connectivity index (χ3n) is 7.88. The van der Waals surface area contributed by atoms with Crippen molar-refractivity contribution in [1.82, 2.24) is 9.97 Å². The predicted molar refractivity (Wildman–Crippen MR) is 167 cm³/mol. The summed E-state index contributed by atoms with van der Waals surface area (Å²) in [5.74, 6) is 0. The number of aromatic nitrogens is 2. The second-order valence-corrected chi connectivity index (χ2v) is 10.3. The molecule has 0 fully saturated rings. The van der Waals surface area contributed by atoms with Crippen molar-refractivity contribution in [2.75, 3.05) is 0 Å². The van der Waals surface area contributed by atoms with Crippen LogP contribution in [0.15, 0.2) is 146 Å². The zero-order valence-electron chi connectivity index (χ0n) is 21.8. The molecule has 0 spiro atoms. The first kappa shape index (κ1) is 22.6. The molecule has 2 nitrogen and oxygen atoms in total. The minimum atomic E-state index is 1.000. The van der Waals surface area contributed by atoms with Crippen LogP contribution in [0.5, 0.6) is 0 Å². The van der Waals surface area contributed by atoms with Crippen LogP contribution in [0.1, 0.15) is 0 Å². The molecule has 8 aromatic rings. The molecule has 0 N–H and O–H groups in total. The smallest absolute Gasteiger partial charge is 0.0722 e. The third-order valence-corrected chi connectivity index (χ3v) is 7.88. The third kappa shape index (κ3) is 3.81. The average molecular weight is 509 g/mol. The summed E-state index contributed by atoms with van der Waals surface area (Å²) in [6.07, 6.45) is 3.99. The number of hydrogen-bond donors (Lipinski definition) is 0. The molecule has 186 valence electrons. The van der Waals surface area contributed by atoms with E-state index in [1.165, 1.54) is 44.2 Å². The van der Waals surface area contributed by atoms with Crippen LogP contribution in [0.2, 0.25) is 0 Å². The second-order valence-electron chi connectivity index (χ2n) is 10.3. The van der Waals surface area contributed by atoms with Gasteiger partial charge in [-0.15, -0.1) is 0 Å². The van der Waals surface area contributed by atoms with Gasteiger partial charge in [0, 0.05) is 33.9 Å². The maximum Gasteiger partial charge on any atom is 0.0722 e. The van der Waals surface area contributed by atoms with Gasteiger partial charge in [0.15, 0.2) is 0 Å². The van der Waals surface area contributed by atoms with E-state index >= 15 is 0 Å². The molecule has 2 aromatic heterocycles. The van der Waals surface area contributed by atoms with Crippen LogP contribution < -0.4 is 0 Å². The molecule has 0 aliphatic heterocycles. The van der Waals surface area contributed by atoms with Crippen molar-refractivity contribution in [1.29, 1.82) is 0 Å². The van der Waals surface area contributed by atoms with Gasteiger partial charge >= 0.3 is 0 Å². The molecule has 0 aliphatic rings. The van der Waals surface area contributed by atoms with Crippen molar-refractivity contribution < 1.29 is 0 Å². The Bertz CT molecular complexity index is 1890. The number of nitrogens with zero attached hydrogens (tertiary/aromatic N) is 2. The largest absolute Gasteiger partial charge is 0.256 e. The van der Waals surface area contributed by atoms with Crippen LogP contribution in [0, 0.1) is 0 Å². The summed E-state index contributed by atoms with van der Waals surface area (Å²) in [7, 11) is 0. The van der Waals surface area contributed by atoms with Gasteiger partial charge < -0.3 is 0 Å². The van der Waals surface area contributed by atoms with Crippen molar-refractivity contribution in [3.05, 3.63) is 146 Å². The normalized spacial score (nSPS) is 11.5. The van der Waals surface area contributed by atoms with Gasteiger partial charge in [-0.25, -0.2) is 0 Å². The van der Waals surface area contributed by atoms with Gasteiger partial charge in [0.05, 0.1) is 11.0 Å². The molecule has 8 rings (SSSR count). The minimum absolute atomic E-state index is 1.000. The molecule has 6 aromatic carbocycles. The van der Waals surface area contributed by atoms with Gasteiger partial charge in [-0.05, 0) is 68.8 Å². The first-order valence-electron chi connectivity index (χ1n) is 13.6. The fourth-order valence-corrected chi connectivity index (χ4v) is 5.83. The van der Waals surface area contributed by atoms with E-state index in [9.17, 15) is 0 Å². The highest BCUT2D eigenvalue weighted by molar-refractivity contribution is 6.22. The Morgan fingerprint density at radius 1 is 0.300 bits per heavy atom. The Morgan fingerprint density at radius 2 is 0.625 bits per heavy atom. The molecule has 0 saturated carbocycles. The summed E-state index contributed by atoms with van der Waals surface area (Å²) in [6, 6.07) is 47.4. The van der Waals surface area contributed by atoms with Crippen LogP contribution in [0.25, 0.3) is 77.1 Å². The lowest BCUT2D eigenvalue weighted by molar-refractivity contribution is 1.41. The summed E-state index contributed by atoms with van der Waals surface area (Å²) in [4.78, 5) is 9.85. The lowest BCUT2D eigenvalue weighted by Gasteiger charge is -2.13. The maximum atomic E-state index is 4.92. The van der Waals surface area contributed by atoms with Crippen LogP contribution in [-0.4, -0.2) is 9.97 Å². The molecule has 0 atom stereocenters. The molecule has 0 bridgehead atoms. The zero-order chi connectivity index (χ0) is 26.5. The summed E-state index contributed by atoms with van der Waals surface area (Å²) >= 11 is 0. The summed E-state index contributed by atoms with van der Waals surface area (Å²) in [5, 5.41) is 4.59. The number of benzene rings is 6. The van der Waals surface area contributed by atoms with Gasteiger partial charge in [-0.3, -0.25) is 9.97 Å². The lowest BCUT2D eigenvalue weighted by Crippen LogP contribution is -1.92. The van der Waals surface area contributed by atoms with E-state index in [4.69, 9.17) is 9.97 Å². The molecule has 40 heavy (non-hydrogen) atoms. The van der Waals surface area contributed by atoms with E-state index in [1.54, 1.807) is 0 Å². The van der Waals surface area contributed by atoms with Gasteiger partial charge in [0.25, 0.3) is 0 Å². The Kier molecular flexibility index (Phi) is 5.17. The van der Waals surface area contributed by atoms with E-state index in [0.29, 0.717) is 0 Å². The van der Waals surface area contributed by atoms with Crippen molar-refractivity contribution in [2.24, 2.45) is 0 Å². The fourth-order valence-electron chi connectivity index (χ4n) is 5.83. The number of rotatable bonds is 4. The number of hydrogen-bond acceptors (Lipinski definition) is 2. The monoisotopic (exact) mass is 508 g/mol. The van der Waals surface area contributed by atoms with E-state index in [1.807, 2.05) is 24.5 Å². The summed E-state index contributed by atoms with van der Waals surface area (Å²) in [6.45, 7) is 0. The van der Waals surface area contributed by atoms with Crippen molar-refractivity contribution >= 4 is 32.6 Å². The van der Waals surface area contributed by atoms with Crippen LogP contribution in [-0.2, 0) is 0 Å². The number of pyridine rings is 2. The average Bonchev–Trinajstić information content (AvgIpc) is 3.04. The molecule has 0 aliphatic carbocycles. The van der Waals surface area contributed by atoms with E-state index in [0.717, 1.165) is 32.9 Å². The SMILES string of the molecule is c1ccc(-c2ccc(-c3cc4cnc5cc(-c6ccc(-c7ccccc7)cc6)cc6cnc(c3)c4c65)cc2)cc1. The van der Waals surface area contributed by atoms with E-state index in [2.05, 4.69) is 121 Å². The van der Waals surface area contributed by atoms with Crippen molar-refractivity contribution in [3.63, 3.8) is 0 Å². The van der Waals surface area contributed by atoms with E-state index in [-0.39, 0.29) is 0 Å². The first-order chi connectivity index (χ1) is 19.8. The molecule has 2 heteroatoms. The van der Waals surface area contributed by atoms with Crippen LogP contribution in [0.3, 0.4) is 0 Å². The molecule has 0 saturated heterocycles. The Hall–Kier alpha value is -5.34. The lowest BCUT2D eigenvalue weighted by atomic mass is 9.93. The summed E-state index contributed by atoms with van der Waals surface area (Å²) < 4.78 is 0. The van der Waals surface area contributed by atoms with Gasteiger partial charge in [0.2, 0.25) is 0 Å². The summed E-state index contributed by atoms with van der Waals surface area (Å²) in [5.41, 5.74) is 11.5. The fraction of sp³-hybridized carbons (Fsp3) is 0. The Morgan fingerprint density at radius 3 is 1.00 bits per heavy atom. The quantitative estimate of drug-likeness (QED) is 0.221. The molecule has 2 heterocycles. The highest BCUT2D eigenvalue weighted by atomic mass is 14.7. The Balaban J connectivity index is 1.19. The van der Waals surface area contributed by atoms with Crippen LogP contribution in [0.4, 0.5) is 0 Å². The molecular weight excluding hydrogens is 484 g/mol. The van der Waals surface area contributed by atoms with Crippen molar-refractivity contribution in [3.8, 4) is 44.5 Å². The van der Waals surface area contributed by atoms with Gasteiger partial charge in [-0.1, -0.05) is 109 Å². The molecule has 0 radical (unpaired) electrons. The van der Waals surface area contributed by atoms with E-state index < -0.39 is 0 Å². The standard InChI is InChI=1S/C38H24N2/c1-3-7-25(8-4-1)27-11-15-29(16-12-27)31-19-33-23-40-36-22-32(20-34-24-39-35(21-31)37(33)38(34)36)30-17-13-28(14-18-30)26-9-5-2-6-10-26/h1-24H. The highest BCUT2D eigenvalue weighted by Gasteiger charge is 2.14. The topological polar surface area (TPSA) is 25.8 Å². The minimum Gasteiger partial charge on any atom is -0.256 e. The van der Waals surface area contributed by atoms with Crippen LogP contribution >= 0.6 is 0 Å². The maximum absolute atomic E-state index is 4.92. The van der Waals surface area contributed by atoms with Gasteiger partial charge in [-0.2, -0.15) is 0 Å². The molecular formula is C38H24N2. The predicted octanol–water partition coefficient (Wildman–Crippen LogP) is 10.0. The highest BCUT2D eigenvalue weighted by Crippen LogP contribution is 2.38. The second kappa shape index (κ2) is 9.14.